The smallest absolute Gasteiger partial charge is 0.407 e. The van der Waals surface area contributed by atoms with Gasteiger partial charge in [-0.3, -0.25) is 9.79 Å². The average Bonchev–Trinajstić information content (AvgIpc) is 3.15. The monoisotopic (exact) mass is 815 g/mol. The Morgan fingerprint density at radius 1 is 0.862 bits per heavy atom. The van der Waals surface area contributed by atoms with Gasteiger partial charge in [0.1, 0.15) is 12.1 Å². The first-order valence-corrected chi connectivity index (χ1v) is 22.8. The summed E-state index contributed by atoms with van der Waals surface area (Å²) in [5, 5.41) is 5.69. The van der Waals surface area contributed by atoms with Crippen LogP contribution >= 0.6 is 0 Å². The van der Waals surface area contributed by atoms with E-state index in [-0.39, 0.29) is 49.1 Å². The normalized spacial score (nSPS) is 29.1. The number of hydrogen-bond donors (Lipinski definition) is 6. The Labute approximate surface area is 350 Å². The summed E-state index contributed by atoms with van der Waals surface area (Å²) in [7, 11) is 0. The van der Waals surface area contributed by atoms with Crippen molar-refractivity contribution in [2.75, 3.05) is 32.8 Å². The lowest BCUT2D eigenvalue weighted by atomic mass is 9.42. The van der Waals surface area contributed by atoms with Gasteiger partial charge in [-0.2, -0.15) is 0 Å². The summed E-state index contributed by atoms with van der Waals surface area (Å²) in [6.45, 7) is 17.5. The molecular formula is C45H82N8O5. The van der Waals surface area contributed by atoms with Crippen molar-refractivity contribution < 1.29 is 23.8 Å². The Hall–Kier alpha value is -3.06. The van der Waals surface area contributed by atoms with Gasteiger partial charge in [0.2, 0.25) is 5.91 Å². The molecule has 0 bridgehead atoms. The molecule has 13 nitrogen and oxygen atoms in total. The quantitative estimate of drug-likeness (QED) is 0.0221. The maximum atomic E-state index is 12.9. The van der Waals surface area contributed by atoms with Gasteiger partial charge >= 0.3 is 6.09 Å². The highest BCUT2D eigenvalue weighted by molar-refractivity contribution is 5.86. The van der Waals surface area contributed by atoms with E-state index < -0.39 is 17.9 Å². The van der Waals surface area contributed by atoms with Gasteiger partial charge in [-0.25, -0.2) is 9.79 Å². The number of aliphatic imine (C=N–C) groups is 2. The zero-order valence-corrected chi connectivity index (χ0v) is 37.3. The highest BCUT2D eigenvalue weighted by Crippen LogP contribution is 2.66. The van der Waals surface area contributed by atoms with Crippen LogP contribution in [0.4, 0.5) is 4.79 Å². The molecule has 0 aliphatic heterocycles. The Morgan fingerprint density at radius 2 is 1.55 bits per heavy atom. The lowest BCUT2D eigenvalue weighted by Crippen LogP contribution is -2.54. The largest absolute Gasteiger partial charge is 0.446 e. The number of nitrogens with one attached hydrogen (secondary N) is 2. The van der Waals surface area contributed by atoms with Crippen LogP contribution in [-0.4, -0.2) is 74.7 Å². The molecule has 58 heavy (non-hydrogen) atoms. The number of unbranched alkanes of at least 4 members (excludes halogenated alkanes) is 2. The van der Waals surface area contributed by atoms with E-state index in [0.29, 0.717) is 37.8 Å². The molecule has 332 valence electrons. The van der Waals surface area contributed by atoms with Gasteiger partial charge in [0.05, 0.1) is 13.2 Å². The summed E-state index contributed by atoms with van der Waals surface area (Å²) < 4.78 is 17.7. The number of carbonyl (C=O) groups excluding carboxylic acids is 2. The van der Waals surface area contributed by atoms with E-state index >= 15 is 0 Å². The molecule has 2 amide bonds. The molecule has 9 unspecified atom stereocenters. The van der Waals surface area contributed by atoms with Gasteiger partial charge in [0.25, 0.3) is 0 Å². The fraction of sp³-hybridized carbons (Fsp3) is 0.867. The molecule has 0 aromatic carbocycles. The number of ether oxygens (including phenoxy) is 3. The topological polar surface area (TPSA) is 215 Å². The lowest BCUT2D eigenvalue weighted by Gasteiger charge is -2.62. The molecule has 4 rings (SSSR count). The first-order valence-electron chi connectivity index (χ1n) is 22.8. The van der Waals surface area contributed by atoms with Crippen LogP contribution in [0, 0.1) is 46.3 Å². The third kappa shape index (κ3) is 13.5. The molecule has 0 aromatic rings. The van der Waals surface area contributed by atoms with Crippen molar-refractivity contribution in [3.8, 4) is 0 Å². The van der Waals surface area contributed by atoms with Crippen molar-refractivity contribution in [2.24, 2.45) is 79.3 Å². The standard InChI is InChI=1S/C45H82N8O5/c1-30(2)13-8-9-14-31(3)35-15-12-16-36-34-19-18-32-29-33(20-22-44(32,6)37(34)21-23-45(35,36)7)58-42(55)52-26-28-57-43(4,5)56-27-25-50-39(54)38(53-41(48)49)17-10-11-24-51-40(46)47/h18,30-31,33-38H,8-17,19-29H2,1-7H3,(H,50,54)(H,52,55)(H4,46,47,51)(H4,48,49,53). The van der Waals surface area contributed by atoms with Crippen LogP contribution in [0.1, 0.15) is 151 Å². The van der Waals surface area contributed by atoms with Crippen LogP contribution in [0.3, 0.4) is 0 Å². The summed E-state index contributed by atoms with van der Waals surface area (Å²) in [6, 6.07) is -0.717. The number of nitrogens with zero attached hydrogens (tertiary/aromatic N) is 2. The number of guanidine groups is 2. The molecule has 3 fully saturated rings. The van der Waals surface area contributed by atoms with E-state index in [4.69, 9.17) is 37.1 Å². The summed E-state index contributed by atoms with van der Waals surface area (Å²) in [5.74, 6) is 3.49. The van der Waals surface area contributed by atoms with Crippen molar-refractivity contribution in [1.29, 1.82) is 0 Å². The first-order chi connectivity index (χ1) is 27.4. The Bertz CT molecular complexity index is 1410. The van der Waals surface area contributed by atoms with Gasteiger partial charge < -0.3 is 47.8 Å². The van der Waals surface area contributed by atoms with E-state index in [1.165, 1.54) is 69.8 Å². The van der Waals surface area contributed by atoms with Crippen molar-refractivity contribution in [1.82, 2.24) is 10.6 Å². The van der Waals surface area contributed by atoms with Crippen LogP contribution in [0.25, 0.3) is 0 Å². The lowest BCUT2D eigenvalue weighted by molar-refractivity contribution is -0.211. The number of alkyl carbamates (subject to hydrolysis) is 1. The second-order valence-corrected chi connectivity index (χ2v) is 19.5. The molecule has 0 aromatic heterocycles. The van der Waals surface area contributed by atoms with Crippen LogP contribution in [0.2, 0.25) is 0 Å². The zero-order valence-electron chi connectivity index (χ0n) is 37.3. The maximum absolute atomic E-state index is 12.9. The van der Waals surface area contributed by atoms with Gasteiger partial charge in [0, 0.05) is 26.1 Å². The molecule has 0 radical (unpaired) electrons. The van der Waals surface area contributed by atoms with Crippen LogP contribution in [0.5, 0.6) is 0 Å². The van der Waals surface area contributed by atoms with Gasteiger partial charge in [-0.1, -0.05) is 78.4 Å². The highest BCUT2D eigenvalue weighted by Gasteiger charge is 2.58. The zero-order chi connectivity index (χ0) is 42.5. The predicted molar refractivity (Wildman–Crippen MR) is 234 cm³/mol. The van der Waals surface area contributed by atoms with Crippen molar-refractivity contribution in [2.45, 2.75) is 169 Å². The Kier molecular flexibility index (Phi) is 18.0. The number of nitrogens with two attached hydrogens (primary N) is 4. The molecular weight excluding hydrogens is 733 g/mol. The number of amides is 2. The minimum absolute atomic E-state index is 0.0343. The van der Waals surface area contributed by atoms with Gasteiger partial charge in [-0.05, 0) is 124 Å². The Morgan fingerprint density at radius 3 is 2.24 bits per heavy atom. The number of allylic oxidation sites excluding steroid dienone is 1. The molecule has 0 spiro atoms. The summed E-state index contributed by atoms with van der Waals surface area (Å²) in [6.07, 6.45) is 20.3. The second-order valence-electron chi connectivity index (χ2n) is 19.5. The minimum atomic E-state index is -0.930. The minimum Gasteiger partial charge on any atom is -0.446 e. The predicted octanol–water partition coefficient (Wildman–Crippen LogP) is 6.87. The number of rotatable bonds is 22. The van der Waals surface area contributed by atoms with Crippen LogP contribution in [-0.2, 0) is 19.0 Å². The molecule has 4 aliphatic carbocycles. The van der Waals surface area contributed by atoms with E-state index in [0.717, 1.165) is 54.8 Å². The molecule has 9 atom stereocenters. The van der Waals surface area contributed by atoms with E-state index in [1.807, 2.05) is 0 Å². The first kappa shape index (κ1) is 47.6. The van der Waals surface area contributed by atoms with Crippen molar-refractivity contribution in [3.63, 3.8) is 0 Å². The van der Waals surface area contributed by atoms with Crippen LogP contribution < -0.4 is 33.6 Å². The average molecular weight is 815 g/mol. The van der Waals surface area contributed by atoms with Crippen molar-refractivity contribution >= 4 is 23.9 Å². The third-order valence-corrected chi connectivity index (χ3v) is 14.5. The molecule has 4 aliphatic rings. The fourth-order valence-electron chi connectivity index (χ4n) is 11.5. The van der Waals surface area contributed by atoms with Crippen molar-refractivity contribution in [3.05, 3.63) is 11.6 Å². The number of fused-ring (bicyclic) bond motifs is 5. The maximum Gasteiger partial charge on any atom is 0.407 e. The fourth-order valence-corrected chi connectivity index (χ4v) is 11.5. The van der Waals surface area contributed by atoms with E-state index in [1.54, 1.807) is 13.8 Å². The van der Waals surface area contributed by atoms with E-state index in [2.05, 4.69) is 61.3 Å². The van der Waals surface area contributed by atoms with Gasteiger partial charge in [0.15, 0.2) is 17.7 Å². The second kappa shape index (κ2) is 22.0. The third-order valence-electron chi connectivity index (χ3n) is 14.5. The molecule has 0 heterocycles. The highest BCUT2D eigenvalue weighted by atomic mass is 16.7. The van der Waals surface area contributed by atoms with Gasteiger partial charge in [-0.15, -0.1) is 0 Å². The summed E-state index contributed by atoms with van der Waals surface area (Å²) in [4.78, 5) is 33.6. The Balaban J connectivity index is 1.16. The SMILES string of the molecule is CC(C)CCCCC(C)C1CCCC2C3CC=C4CC(OC(=O)NCCOC(C)(C)OCCNC(=O)C(CCCCN=C(N)N)N=C(N)N)CCC4(C)C3CCC12C. The molecule has 3 saturated carbocycles. The molecule has 0 saturated heterocycles. The number of carbonyl (C=O) groups is 2. The molecule has 13 heteroatoms. The number of hydrogen-bond acceptors (Lipinski definition) is 7. The molecule has 10 N–H and O–H groups in total. The van der Waals surface area contributed by atoms with Crippen LogP contribution in [0.15, 0.2) is 21.6 Å². The summed E-state index contributed by atoms with van der Waals surface area (Å²) >= 11 is 0. The van der Waals surface area contributed by atoms with E-state index in [9.17, 15) is 9.59 Å². The summed E-state index contributed by atoms with van der Waals surface area (Å²) in [5.41, 5.74) is 24.0.